The number of nitrogens with one attached hydrogen (secondary N) is 1. The van der Waals surface area contributed by atoms with Crippen molar-refractivity contribution >= 4 is 48.9 Å². The fraction of sp³-hybridized carbons (Fsp3) is 0.190. The summed E-state index contributed by atoms with van der Waals surface area (Å²) >= 11 is 2.26. The first kappa shape index (κ1) is 23.1. The molecule has 12 heteroatoms. The standard InChI is InChI=1S/C21H16F4N4O2S2/c1-29(10-16(30)21(23,24)25)20-28-19-15(33-20)8-14(32-19)18(31)27-13-5-2-11(3-6-13)12-4-7-17(22)26-9-12/h2-9,16,30H,10H2,1H3,(H,27,31). The summed E-state index contributed by atoms with van der Waals surface area (Å²) in [5.41, 5.74) is 2.11. The Labute approximate surface area is 193 Å². The number of alkyl halides is 3. The van der Waals surface area contributed by atoms with Crippen LogP contribution < -0.4 is 10.2 Å². The van der Waals surface area contributed by atoms with Crippen LogP contribution in [0.15, 0.2) is 48.7 Å². The first-order chi connectivity index (χ1) is 15.6. The topological polar surface area (TPSA) is 78.3 Å². The lowest BCUT2D eigenvalue weighted by atomic mass is 10.1. The Kier molecular flexibility index (Phi) is 6.32. The second-order valence-corrected chi connectivity index (χ2v) is 9.16. The third-order valence-corrected chi connectivity index (χ3v) is 6.93. The minimum absolute atomic E-state index is 0.317. The van der Waals surface area contributed by atoms with Crippen LogP contribution in [0, 0.1) is 5.95 Å². The molecular weight excluding hydrogens is 480 g/mol. The molecular formula is C21H16F4N4O2S2. The molecule has 172 valence electrons. The van der Waals surface area contributed by atoms with Crippen LogP contribution in [0.1, 0.15) is 9.67 Å². The second-order valence-electron chi connectivity index (χ2n) is 7.12. The number of rotatable bonds is 6. The first-order valence-corrected chi connectivity index (χ1v) is 11.1. The normalized spacial score (nSPS) is 12.7. The largest absolute Gasteiger partial charge is 0.416 e. The molecule has 1 atom stereocenters. The number of aliphatic hydroxyl groups is 1. The number of amides is 1. The average molecular weight is 497 g/mol. The maximum absolute atomic E-state index is 13.0. The second kappa shape index (κ2) is 9.04. The Morgan fingerprint density at radius 3 is 2.45 bits per heavy atom. The lowest BCUT2D eigenvalue weighted by Crippen LogP contribution is -2.39. The molecule has 0 saturated heterocycles. The van der Waals surface area contributed by atoms with E-state index in [4.69, 9.17) is 0 Å². The van der Waals surface area contributed by atoms with Crippen molar-refractivity contribution in [2.24, 2.45) is 0 Å². The number of aliphatic hydroxyl groups excluding tert-OH is 1. The van der Waals surface area contributed by atoms with Crippen molar-refractivity contribution in [3.05, 3.63) is 59.5 Å². The number of halogens is 4. The molecule has 3 aromatic heterocycles. The predicted molar refractivity (Wildman–Crippen MR) is 120 cm³/mol. The van der Waals surface area contributed by atoms with E-state index in [0.29, 0.717) is 25.2 Å². The van der Waals surface area contributed by atoms with Crippen LogP contribution in [0.2, 0.25) is 0 Å². The highest BCUT2D eigenvalue weighted by Gasteiger charge is 2.39. The molecule has 0 fully saturated rings. The molecule has 1 unspecified atom stereocenters. The molecule has 2 N–H and O–H groups in total. The van der Waals surface area contributed by atoms with Crippen molar-refractivity contribution in [1.82, 2.24) is 9.97 Å². The Hall–Kier alpha value is -3.09. The van der Waals surface area contributed by atoms with Gasteiger partial charge in [-0.05, 0) is 35.9 Å². The van der Waals surface area contributed by atoms with Gasteiger partial charge in [-0.1, -0.05) is 23.5 Å². The summed E-state index contributed by atoms with van der Waals surface area (Å²) in [6.45, 7) is -0.637. The van der Waals surface area contributed by atoms with Gasteiger partial charge in [0, 0.05) is 24.5 Å². The molecule has 0 aliphatic rings. The van der Waals surface area contributed by atoms with Crippen molar-refractivity contribution in [2.75, 3.05) is 23.8 Å². The molecule has 0 spiro atoms. The summed E-state index contributed by atoms with van der Waals surface area (Å²) in [6.07, 6.45) is -5.76. The molecule has 1 aromatic carbocycles. The van der Waals surface area contributed by atoms with E-state index in [2.05, 4.69) is 15.3 Å². The Morgan fingerprint density at radius 2 is 1.85 bits per heavy atom. The van der Waals surface area contributed by atoms with Gasteiger partial charge in [0.1, 0.15) is 4.83 Å². The molecule has 33 heavy (non-hydrogen) atoms. The van der Waals surface area contributed by atoms with Gasteiger partial charge in [-0.15, -0.1) is 11.3 Å². The molecule has 0 aliphatic carbocycles. The lowest BCUT2D eigenvalue weighted by molar-refractivity contribution is -0.200. The van der Waals surface area contributed by atoms with E-state index < -0.39 is 24.8 Å². The highest BCUT2D eigenvalue weighted by Crippen LogP contribution is 2.35. The van der Waals surface area contributed by atoms with Gasteiger partial charge >= 0.3 is 6.18 Å². The van der Waals surface area contributed by atoms with Crippen LogP contribution in [-0.4, -0.2) is 46.9 Å². The Morgan fingerprint density at radius 1 is 1.15 bits per heavy atom. The molecule has 6 nitrogen and oxygen atoms in total. The molecule has 1 amide bonds. The van der Waals surface area contributed by atoms with E-state index >= 15 is 0 Å². The van der Waals surface area contributed by atoms with Gasteiger partial charge in [-0.3, -0.25) is 4.79 Å². The Balaban J connectivity index is 1.42. The molecule has 0 radical (unpaired) electrons. The van der Waals surface area contributed by atoms with E-state index in [0.717, 1.165) is 33.8 Å². The highest BCUT2D eigenvalue weighted by molar-refractivity contribution is 7.29. The SMILES string of the molecule is CN(CC(O)C(F)(F)F)c1nc2sc(C(=O)Nc3ccc(-c4ccc(F)nc4)cc3)cc2s1. The average Bonchev–Trinajstić information content (AvgIpc) is 3.34. The minimum Gasteiger partial charge on any atom is -0.382 e. The van der Waals surface area contributed by atoms with Gasteiger partial charge < -0.3 is 15.3 Å². The van der Waals surface area contributed by atoms with E-state index in [-0.39, 0.29) is 5.91 Å². The number of carbonyl (C=O) groups is 1. The number of aromatic nitrogens is 2. The Bertz CT molecular complexity index is 1240. The van der Waals surface area contributed by atoms with Crippen LogP contribution in [0.4, 0.5) is 28.4 Å². The van der Waals surface area contributed by atoms with E-state index in [1.165, 1.54) is 24.2 Å². The number of thiophene rings is 1. The molecule has 4 aromatic rings. The van der Waals surface area contributed by atoms with Crippen molar-refractivity contribution < 1.29 is 27.5 Å². The fourth-order valence-electron chi connectivity index (χ4n) is 2.93. The quantitative estimate of drug-likeness (QED) is 0.285. The van der Waals surface area contributed by atoms with Crippen LogP contribution >= 0.6 is 22.7 Å². The maximum Gasteiger partial charge on any atom is 0.416 e. The van der Waals surface area contributed by atoms with Crippen LogP contribution in [0.5, 0.6) is 0 Å². The van der Waals surface area contributed by atoms with Crippen LogP contribution in [0.3, 0.4) is 0 Å². The predicted octanol–water partition coefficient (Wildman–Crippen LogP) is 5.17. The van der Waals surface area contributed by atoms with Crippen molar-refractivity contribution in [1.29, 1.82) is 0 Å². The third-order valence-electron chi connectivity index (χ3n) is 4.66. The van der Waals surface area contributed by atoms with Gasteiger partial charge in [0.15, 0.2) is 11.2 Å². The number of hydrogen-bond donors (Lipinski definition) is 2. The molecule has 0 saturated carbocycles. The van der Waals surface area contributed by atoms with Gasteiger partial charge in [-0.25, -0.2) is 9.97 Å². The first-order valence-electron chi connectivity index (χ1n) is 9.50. The number of fused-ring (bicyclic) bond motifs is 1. The summed E-state index contributed by atoms with van der Waals surface area (Å²) in [4.78, 5) is 22.7. The molecule has 0 aliphatic heterocycles. The van der Waals surface area contributed by atoms with Gasteiger partial charge in [0.05, 0.1) is 16.1 Å². The van der Waals surface area contributed by atoms with Crippen molar-refractivity contribution in [2.45, 2.75) is 12.3 Å². The summed E-state index contributed by atoms with van der Waals surface area (Å²) < 4.78 is 51.3. The zero-order valence-corrected chi connectivity index (χ0v) is 18.6. The van der Waals surface area contributed by atoms with Crippen LogP contribution in [0.25, 0.3) is 20.7 Å². The minimum atomic E-state index is -4.71. The van der Waals surface area contributed by atoms with E-state index in [1.54, 1.807) is 36.4 Å². The van der Waals surface area contributed by atoms with Crippen molar-refractivity contribution in [3.8, 4) is 11.1 Å². The summed E-state index contributed by atoms with van der Waals surface area (Å²) in [5.74, 6) is -0.908. The summed E-state index contributed by atoms with van der Waals surface area (Å²) in [6, 6.07) is 11.5. The van der Waals surface area contributed by atoms with Gasteiger partial charge in [0.25, 0.3) is 5.91 Å². The molecule has 0 bridgehead atoms. The zero-order valence-electron chi connectivity index (χ0n) is 16.9. The van der Waals surface area contributed by atoms with E-state index in [9.17, 15) is 27.5 Å². The molecule has 4 rings (SSSR count). The highest BCUT2D eigenvalue weighted by atomic mass is 32.1. The number of anilines is 2. The van der Waals surface area contributed by atoms with Gasteiger partial charge in [0.2, 0.25) is 5.95 Å². The monoisotopic (exact) mass is 496 g/mol. The fourth-order valence-corrected chi connectivity index (χ4v) is 5.00. The van der Waals surface area contributed by atoms with Crippen molar-refractivity contribution in [3.63, 3.8) is 0 Å². The number of likely N-dealkylation sites (N-methyl/N-ethyl adjacent to an activating group) is 1. The molecule has 3 heterocycles. The van der Waals surface area contributed by atoms with Gasteiger partial charge in [-0.2, -0.15) is 17.6 Å². The lowest BCUT2D eigenvalue weighted by Gasteiger charge is -2.21. The number of nitrogens with zero attached hydrogens (tertiary/aromatic N) is 3. The number of hydrogen-bond acceptors (Lipinski definition) is 7. The number of carbonyl (C=O) groups excluding carboxylic acids is 1. The number of pyridine rings is 1. The summed E-state index contributed by atoms with van der Waals surface area (Å²) in [5, 5.41) is 12.3. The smallest absolute Gasteiger partial charge is 0.382 e. The van der Waals surface area contributed by atoms with Crippen LogP contribution in [-0.2, 0) is 0 Å². The number of benzene rings is 1. The maximum atomic E-state index is 13.0. The zero-order chi connectivity index (χ0) is 23.8. The number of thiazole rings is 1. The third kappa shape index (κ3) is 5.29. The van der Waals surface area contributed by atoms with E-state index in [1.807, 2.05) is 0 Å². The summed E-state index contributed by atoms with van der Waals surface area (Å²) in [7, 11) is 1.41.